The maximum atomic E-state index is 13.0. The lowest BCUT2D eigenvalue weighted by Crippen LogP contribution is -2.08. The van der Waals surface area contributed by atoms with Crippen molar-refractivity contribution in [2.45, 2.75) is 20.4 Å². The summed E-state index contributed by atoms with van der Waals surface area (Å²) in [6.07, 6.45) is 0. The Kier molecular flexibility index (Phi) is 3.20. The third-order valence-electron chi connectivity index (χ3n) is 2.94. The van der Waals surface area contributed by atoms with Crippen LogP contribution in [0.2, 0.25) is 0 Å². The molecule has 0 radical (unpaired) electrons. The Morgan fingerprint density at radius 1 is 1.47 bits per heavy atom. The molecule has 0 saturated carbocycles. The first kappa shape index (κ1) is 13.0. The molecule has 19 heavy (non-hydrogen) atoms. The SMILES string of the molecule is Cc1cc(F)ccc1Cn1nc(C)c([N+](=O)[O-])c1N. The molecule has 0 atom stereocenters. The molecule has 0 aliphatic heterocycles. The van der Waals surface area contributed by atoms with Gasteiger partial charge in [0.15, 0.2) is 0 Å². The van der Waals surface area contributed by atoms with Crippen molar-refractivity contribution in [3.8, 4) is 0 Å². The molecule has 1 aromatic heterocycles. The number of benzene rings is 1. The fourth-order valence-electron chi connectivity index (χ4n) is 1.93. The Bertz CT molecular complexity index is 651. The standard InChI is InChI=1S/C12H13FN4O2/c1-7-5-10(13)4-3-9(7)6-16-12(14)11(17(18)19)8(2)15-16/h3-5H,6,14H2,1-2H3. The van der Waals surface area contributed by atoms with Gasteiger partial charge in [-0.2, -0.15) is 5.10 Å². The summed E-state index contributed by atoms with van der Waals surface area (Å²) in [6.45, 7) is 3.56. The molecule has 6 nitrogen and oxygen atoms in total. The van der Waals surface area contributed by atoms with Crippen LogP contribution in [0.25, 0.3) is 0 Å². The largest absolute Gasteiger partial charge is 0.378 e. The second kappa shape index (κ2) is 4.68. The predicted molar refractivity (Wildman–Crippen MR) is 68.3 cm³/mol. The number of halogens is 1. The summed E-state index contributed by atoms with van der Waals surface area (Å²) in [5.74, 6) is -0.317. The first-order valence-corrected chi connectivity index (χ1v) is 5.62. The van der Waals surface area contributed by atoms with E-state index in [-0.39, 0.29) is 29.6 Å². The fraction of sp³-hybridized carbons (Fsp3) is 0.250. The van der Waals surface area contributed by atoms with E-state index >= 15 is 0 Å². The fourth-order valence-corrected chi connectivity index (χ4v) is 1.93. The summed E-state index contributed by atoms with van der Waals surface area (Å²) in [5, 5.41) is 14.9. The van der Waals surface area contributed by atoms with Gasteiger partial charge in [0.05, 0.1) is 11.5 Å². The quantitative estimate of drug-likeness (QED) is 0.679. The number of nitrogens with two attached hydrogens (primary N) is 1. The lowest BCUT2D eigenvalue weighted by Gasteiger charge is -2.07. The highest BCUT2D eigenvalue weighted by Gasteiger charge is 2.23. The number of hydrogen-bond donors (Lipinski definition) is 1. The molecular weight excluding hydrogens is 251 g/mol. The van der Waals surface area contributed by atoms with E-state index in [2.05, 4.69) is 5.10 Å². The first-order valence-electron chi connectivity index (χ1n) is 5.62. The second-order valence-electron chi connectivity index (χ2n) is 4.30. The Morgan fingerprint density at radius 3 is 2.68 bits per heavy atom. The molecule has 0 spiro atoms. The summed E-state index contributed by atoms with van der Waals surface area (Å²) in [4.78, 5) is 10.3. The molecule has 1 heterocycles. The number of rotatable bonds is 3. The molecule has 0 fully saturated rings. The summed E-state index contributed by atoms with van der Waals surface area (Å²) >= 11 is 0. The van der Waals surface area contributed by atoms with Crippen LogP contribution >= 0.6 is 0 Å². The highest BCUT2D eigenvalue weighted by molar-refractivity contribution is 5.56. The molecule has 2 N–H and O–H groups in total. The van der Waals surface area contributed by atoms with Crippen molar-refractivity contribution in [3.63, 3.8) is 0 Å². The van der Waals surface area contributed by atoms with Gasteiger partial charge < -0.3 is 5.73 Å². The van der Waals surface area contributed by atoms with E-state index in [0.717, 1.165) is 11.1 Å². The van der Waals surface area contributed by atoms with Crippen molar-refractivity contribution in [2.75, 3.05) is 5.73 Å². The Balaban J connectivity index is 2.39. The van der Waals surface area contributed by atoms with Crippen LogP contribution in [-0.4, -0.2) is 14.7 Å². The smallest absolute Gasteiger partial charge is 0.333 e. The zero-order valence-corrected chi connectivity index (χ0v) is 10.6. The zero-order valence-electron chi connectivity index (χ0n) is 10.6. The topological polar surface area (TPSA) is 87.0 Å². The summed E-state index contributed by atoms with van der Waals surface area (Å²) in [5.41, 5.74) is 7.36. The van der Waals surface area contributed by atoms with Gasteiger partial charge in [-0.1, -0.05) is 6.07 Å². The molecule has 0 bridgehead atoms. The average molecular weight is 264 g/mol. The van der Waals surface area contributed by atoms with Gasteiger partial charge in [0.25, 0.3) is 0 Å². The monoisotopic (exact) mass is 264 g/mol. The Morgan fingerprint density at radius 2 is 2.16 bits per heavy atom. The average Bonchev–Trinajstić information content (AvgIpc) is 2.58. The predicted octanol–water partition coefficient (Wildman–Crippen LogP) is 2.18. The summed E-state index contributed by atoms with van der Waals surface area (Å²) in [6, 6.07) is 4.35. The number of nitro groups is 1. The van der Waals surface area contributed by atoms with Crippen molar-refractivity contribution in [3.05, 3.63) is 51.0 Å². The minimum Gasteiger partial charge on any atom is -0.378 e. The Labute approximate surface area is 108 Å². The van der Waals surface area contributed by atoms with Crippen molar-refractivity contribution in [1.82, 2.24) is 9.78 Å². The minimum absolute atomic E-state index is 0.00576. The van der Waals surface area contributed by atoms with Gasteiger partial charge in [0.2, 0.25) is 5.82 Å². The van der Waals surface area contributed by atoms with Crippen LogP contribution in [0.5, 0.6) is 0 Å². The van der Waals surface area contributed by atoms with Crippen molar-refractivity contribution in [2.24, 2.45) is 0 Å². The van der Waals surface area contributed by atoms with Crippen LogP contribution in [0.1, 0.15) is 16.8 Å². The van der Waals surface area contributed by atoms with E-state index in [1.165, 1.54) is 23.7 Å². The normalized spacial score (nSPS) is 10.7. The lowest BCUT2D eigenvalue weighted by molar-refractivity contribution is -0.384. The van der Waals surface area contributed by atoms with Gasteiger partial charge in [-0.3, -0.25) is 10.1 Å². The van der Waals surface area contributed by atoms with E-state index in [4.69, 9.17) is 5.73 Å². The molecule has 0 unspecified atom stereocenters. The van der Waals surface area contributed by atoms with Crippen LogP contribution in [0.3, 0.4) is 0 Å². The second-order valence-corrected chi connectivity index (χ2v) is 4.30. The molecule has 0 aliphatic carbocycles. The van der Waals surface area contributed by atoms with Crippen molar-refractivity contribution >= 4 is 11.5 Å². The molecule has 7 heteroatoms. The number of aromatic nitrogens is 2. The number of nitrogens with zero attached hydrogens (tertiary/aromatic N) is 3. The van der Waals surface area contributed by atoms with Crippen LogP contribution in [-0.2, 0) is 6.54 Å². The van der Waals surface area contributed by atoms with E-state index in [0.29, 0.717) is 0 Å². The van der Waals surface area contributed by atoms with Gasteiger partial charge in [-0.05, 0) is 37.1 Å². The van der Waals surface area contributed by atoms with Crippen LogP contribution in [0.4, 0.5) is 15.9 Å². The van der Waals surface area contributed by atoms with Gasteiger partial charge in [0, 0.05) is 0 Å². The number of hydrogen-bond acceptors (Lipinski definition) is 4. The van der Waals surface area contributed by atoms with E-state index in [9.17, 15) is 14.5 Å². The zero-order chi connectivity index (χ0) is 14.2. The minimum atomic E-state index is -0.550. The number of anilines is 1. The van der Waals surface area contributed by atoms with E-state index in [1.54, 1.807) is 13.0 Å². The maximum Gasteiger partial charge on any atom is 0.333 e. The van der Waals surface area contributed by atoms with Gasteiger partial charge >= 0.3 is 5.69 Å². The highest BCUT2D eigenvalue weighted by atomic mass is 19.1. The molecular formula is C12H13FN4O2. The molecule has 1 aromatic carbocycles. The van der Waals surface area contributed by atoms with Crippen molar-refractivity contribution < 1.29 is 9.31 Å². The Hall–Kier alpha value is -2.44. The van der Waals surface area contributed by atoms with Crippen molar-refractivity contribution in [1.29, 1.82) is 0 Å². The molecule has 2 aromatic rings. The highest BCUT2D eigenvalue weighted by Crippen LogP contribution is 2.26. The molecule has 0 amide bonds. The molecule has 2 rings (SSSR count). The van der Waals surface area contributed by atoms with Crippen LogP contribution < -0.4 is 5.73 Å². The van der Waals surface area contributed by atoms with Gasteiger partial charge in [-0.15, -0.1) is 0 Å². The van der Waals surface area contributed by atoms with E-state index < -0.39 is 4.92 Å². The summed E-state index contributed by atoms with van der Waals surface area (Å²) < 4.78 is 14.4. The van der Waals surface area contributed by atoms with E-state index in [1.807, 2.05) is 0 Å². The molecule has 0 aliphatic rings. The third kappa shape index (κ3) is 2.40. The first-order chi connectivity index (χ1) is 8.90. The third-order valence-corrected chi connectivity index (χ3v) is 2.94. The summed E-state index contributed by atoms with van der Waals surface area (Å²) in [7, 11) is 0. The van der Waals surface area contributed by atoms with Gasteiger partial charge in [-0.25, -0.2) is 9.07 Å². The number of aryl methyl sites for hydroxylation is 2. The molecule has 0 saturated heterocycles. The lowest BCUT2D eigenvalue weighted by atomic mass is 10.1. The number of nitrogen functional groups attached to an aromatic ring is 1. The molecule has 100 valence electrons. The van der Waals surface area contributed by atoms with Crippen LogP contribution in [0.15, 0.2) is 18.2 Å². The van der Waals surface area contributed by atoms with Crippen LogP contribution in [0, 0.1) is 29.8 Å². The maximum absolute atomic E-state index is 13.0. The van der Waals surface area contributed by atoms with Gasteiger partial charge in [0.1, 0.15) is 11.5 Å².